The van der Waals surface area contributed by atoms with Crippen LogP contribution in [0.2, 0.25) is 0 Å². The highest BCUT2D eigenvalue weighted by Gasteiger charge is 2.46. The number of aliphatic hydroxyl groups is 3. The molecule has 1 rings (SSSR count). The van der Waals surface area contributed by atoms with E-state index < -0.39 is 91.1 Å². The molecule has 218 valence electrons. The number of nitrogens with one attached hydrogen (secondary N) is 2. The minimum Gasteiger partial charge on any atom is -0.480 e. The van der Waals surface area contributed by atoms with Crippen LogP contribution in [0.1, 0.15) is 40.5 Å². The fraction of sp³-hybridized carbons (Fsp3) is 0.773. The molecule has 1 aliphatic rings. The monoisotopic (exact) mass is 549 g/mol. The standard InChI is InChI=1S/C22H39N5O11/c1-9(37-18-16(25-12(4)29)22(36)38-14(8-28)17(18)31)7-27(11(3)21(34)35)15(30)6-5-13(19(24)32)26-20(33)10(2)23/h9-11,13-14,16-18,22,28,31,36H,5-8,23H2,1-4H3,(H2,24,32)(H,25,29)(H,26,33)(H,34,35)/t9?,10-,11+,13-,14-,16-,17-,18-,22+/m1/s1. The fourth-order valence-corrected chi connectivity index (χ4v) is 3.83. The van der Waals surface area contributed by atoms with Gasteiger partial charge >= 0.3 is 5.97 Å². The zero-order chi connectivity index (χ0) is 29.3. The van der Waals surface area contributed by atoms with Gasteiger partial charge in [-0.15, -0.1) is 0 Å². The molecule has 1 saturated heterocycles. The quantitative estimate of drug-likeness (QED) is 0.102. The number of amides is 4. The first-order chi connectivity index (χ1) is 17.6. The van der Waals surface area contributed by atoms with Crippen LogP contribution in [0.4, 0.5) is 0 Å². The zero-order valence-electron chi connectivity index (χ0n) is 21.8. The molecule has 0 aromatic carbocycles. The second kappa shape index (κ2) is 14.9. The summed E-state index contributed by atoms with van der Waals surface area (Å²) in [5, 5.41) is 44.6. The smallest absolute Gasteiger partial charge is 0.326 e. The molecule has 16 nitrogen and oxygen atoms in total. The summed E-state index contributed by atoms with van der Waals surface area (Å²) in [6, 6.07) is -4.72. The third-order valence-electron chi connectivity index (χ3n) is 5.95. The van der Waals surface area contributed by atoms with Gasteiger partial charge in [-0.2, -0.15) is 0 Å². The Morgan fingerprint density at radius 2 is 1.74 bits per heavy atom. The molecular formula is C22H39N5O11. The highest BCUT2D eigenvalue weighted by Crippen LogP contribution is 2.24. The topological polar surface area (TPSA) is 264 Å². The summed E-state index contributed by atoms with van der Waals surface area (Å²) in [7, 11) is 0. The summed E-state index contributed by atoms with van der Waals surface area (Å²) in [5.74, 6) is -4.16. The van der Waals surface area contributed by atoms with Crippen LogP contribution in [0.15, 0.2) is 0 Å². The Bertz CT molecular complexity index is 858. The van der Waals surface area contributed by atoms with Crippen LogP contribution in [0.25, 0.3) is 0 Å². The molecule has 38 heavy (non-hydrogen) atoms. The van der Waals surface area contributed by atoms with E-state index >= 15 is 0 Å². The van der Waals surface area contributed by atoms with Gasteiger partial charge < -0.3 is 56.9 Å². The predicted octanol–water partition coefficient (Wildman–Crippen LogP) is -4.27. The van der Waals surface area contributed by atoms with E-state index in [0.717, 1.165) is 4.90 Å². The molecule has 0 radical (unpaired) electrons. The van der Waals surface area contributed by atoms with E-state index in [9.17, 15) is 44.4 Å². The van der Waals surface area contributed by atoms with Crippen molar-refractivity contribution in [1.82, 2.24) is 15.5 Å². The maximum atomic E-state index is 13.0. The van der Waals surface area contributed by atoms with Crippen LogP contribution in [0.3, 0.4) is 0 Å². The summed E-state index contributed by atoms with van der Waals surface area (Å²) < 4.78 is 10.9. The van der Waals surface area contributed by atoms with Crippen molar-refractivity contribution in [3.8, 4) is 0 Å². The minimum atomic E-state index is -1.63. The molecule has 0 aliphatic carbocycles. The van der Waals surface area contributed by atoms with Gasteiger partial charge in [0.05, 0.1) is 18.8 Å². The first-order valence-electron chi connectivity index (χ1n) is 12.0. The van der Waals surface area contributed by atoms with Gasteiger partial charge in [0.25, 0.3) is 0 Å². The van der Waals surface area contributed by atoms with Crippen LogP contribution in [0, 0.1) is 0 Å². The van der Waals surface area contributed by atoms with Crippen molar-refractivity contribution in [3.63, 3.8) is 0 Å². The number of primary amides is 1. The largest absolute Gasteiger partial charge is 0.480 e. The number of carboxylic acid groups (broad SMARTS) is 1. The number of ether oxygens (including phenoxy) is 2. The lowest BCUT2D eigenvalue weighted by atomic mass is 9.96. The summed E-state index contributed by atoms with van der Waals surface area (Å²) in [4.78, 5) is 60.8. The zero-order valence-corrected chi connectivity index (χ0v) is 21.8. The van der Waals surface area contributed by atoms with Crippen molar-refractivity contribution in [1.29, 1.82) is 0 Å². The third kappa shape index (κ3) is 9.45. The number of carboxylic acids is 1. The summed E-state index contributed by atoms with van der Waals surface area (Å²) >= 11 is 0. The molecule has 0 aromatic rings. The summed E-state index contributed by atoms with van der Waals surface area (Å²) in [6.45, 7) is 4.31. The van der Waals surface area contributed by atoms with Crippen LogP contribution < -0.4 is 22.1 Å². The van der Waals surface area contributed by atoms with Gasteiger partial charge in [0.2, 0.25) is 23.6 Å². The second-order valence-electron chi connectivity index (χ2n) is 9.23. The lowest BCUT2D eigenvalue weighted by molar-refractivity contribution is -0.268. The van der Waals surface area contributed by atoms with Gasteiger partial charge in [-0.25, -0.2) is 4.79 Å². The molecule has 1 aliphatic heterocycles. The molecule has 9 atom stereocenters. The first-order valence-corrected chi connectivity index (χ1v) is 12.0. The molecular weight excluding hydrogens is 510 g/mol. The molecule has 0 aromatic heterocycles. The Kier molecular flexibility index (Phi) is 13.0. The number of nitrogens with two attached hydrogens (primary N) is 2. The molecule has 0 spiro atoms. The number of nitrogens with zero attached hydrogens (tertiary/aromatic N) is 1. The molecule has 1 unspecified atom stereocenters. The average molecular weight is 550 g/mol. The molecule has 10 N–H and O–H groups in total. The number of carbonyl (C=O) groups is 5. The summed E-state index contributed by atoms with van der Waals surface area (Å²) in [5.41, 5.74) is 10.8. The Morgan fingerprint density at radius 1 is 1.13 bits per heavy atom. The SMILES string of the molecule is CC(=O)N[C@@H]1[C@@H](OC(C)CN(C(=O)CC[C@@H](NC(=O)[C@@H](C)N)C(N)=O)[C@@H](C)C(=O)O)[C@H](O)[C@@H](CO)O[C@@H]1O. The van der Waals surface area contributed by atoms with Crippen molar-refractivity contribution in [3.05, 3.63) is 0 Å². The number of aliphatic hydroxyl groups excluding tert-OH is 3. The van der Waals surface area contributed by atoms with Crippen molar-refractivity contribution in [2.75, 3.05) is 13.2 Å². The molecule has 0 saturated carbocycles. The molecule has 16 heteroatoms. The lowest BCUT2D eigenvalue weighted by Crippen LogP contribution is -2.65. The van der Waals surface area contributed by atoms with Gasteiger partial charge in [-0.1, -0.05) is 0 Å². The number of hydrogen-bond acceptors (Lipinski definition) is 11. The Morgan fingerprint density at radius 3 is 2.21 bits per heavy atom. The maximum absolute atomic E-state index is 13.0. The Hall–Kier alpha value is -2.89. The van der Waals surface area contributed by atoms with E-state index in [2.05, 4.69) is 10.6 Å². The van der Waals surface area contributed by atoms with Gasteiger partial charge in [-0.3, -0.25) is 19.2 Å². The maximum Gasteiger partial charge on any atom is 0.326 e. The molecule has 0 bridgehead atoms. The minimum absolute atomic E-state index is 0.224. The van der Waals surface area contributed by atoms with Gasteiger partial charge in [0.1, 0.15) is 36.4 Å². The van der Waals surface area contributed by atoms with Gasteiger partial charge in [0, 0.05) is 19.9 Å². The molecule has 1 fully saturated rings. The number of hydrogen-bond donors (Lipinski definition) is 8. The van der Waals surface area contributed by atoms with Crippen LogP contribution in [-0.2, 0) is 33.4 Å². The fourth-order valence-electron chi connectivity index (χ4n) is 3.83. The Labute approximate surface area is 219 Å². The number of rotatable bonds is 14. The van der Waals surface area contributed by atoms with Crippen molar-refractivity contribution in [2.45, 2.75) is 95.4 Å². The summed E-state index contributed by atoms with van der Waals surface area (Å²) in [6.07, 6.45) is -7.20. The van der Waals surface area contributed by atoms with E-state index in [1.807, 2.05) is 0 Å². The van der Waals surface area contributed by atoms with Crippen LogP contribution >= 0.6 is 0 Å². The van der Waals surface area contributed by atoms with E-state index in [4.69, 9.17) is 20.9 Å². The van der Waals surface area contributed by atoms with Gasteiger partial charge in [-0.05, 0) is 27.2 Å². The first kappa shape index (κ1) is 33.1. The second-order valence-corrected chi connectivity index (χ2v) is 9.23. The van der Waals surface area contributed by atoms with E-state index in [0.29, 0.717) is 0 Å². The Balaban J connectivity index is 3.04. The van der Waals surface area contributed by atoms with E-state index in [-0.39, 0.29) is 19.4 Å². The van der Waals surface area contributed by atoms with Crippen LogP contribution in [0.5, 0.6) is 0 Å². The lowest BCUT2D eigenvalue weighted by Gasteiger charge is -2.43. The highest BCUT2D eigenvalue weighted by atomic mass is 16.6. The van der Waals surface area contributed by atoms with Crippen LogP contribution in [-0.4, -0.2) is 123 Å². The average Bonchev–Trinajstić information content (AvgIpc) is 2.82. The third-order valence-corrected chi connectivity index (χ3v) is 5.95. The number of carbonyl (C=O) groups excluding carboxylic acids is 4. The van der Waals surface area contributed by atoms with Crippen molar-refractivity contribution >= 4 is 29.6 Å². The molecule has 1 heterocycles. The predicted molar refractivity (Wildman–Crippen MR) is 129 cm³/mol. The van der Waals surface area contributed by atoms with Crippen molar-refractivity contribution < 1.29 is 53.9 Å². The normalized spacial score (nSPS) is 26.4. The van der Waals surface area contributed by atoms with E-state index in [1.165, 1.54) is 27.7 Å². The highest BCUT2D eigenvalue weighted by molar-refractivity contribution is 5.89. The van der Waals surface area contributed by atoms with E-state index in [1.54, 1.807) is 0 Å². The van der Waals surface area contributed by atoms with Crippen molar-refractivity contribution in [2.24, 2.45) is 11.5 Å². The molecule has 4 amide bonds. The van der Waals surface area contributed by atoms with Gasteiger partial charge in [0.15, 0.2) is 6.29 Å². The number of aliphatic carboxylic acids is 1.